The second-order valence-electron chi connectivity index (χ2n) is 8.67. The zero-order valence-electron chi connectivity index (χ0n) is 18.9. The highest BCUT2D eigenvalue weighted by molar-refractivity contribution is 6.27. The first-order chi connectivity index (χ1) is 15.2. The first-order valence-corrected chi connectivity index (χ1v) is 11.2. The second-order valence-corrected chi connectivity index (χ2v) is 8.67. The van der Waals surface area contributed by atoms with Crippen LogP contribution >= 0.6 is 0 Å². The molecule has 2 N–H and O–H groups in total. The Labute approximate surface area is 188 Å². The average Bonchev–Trinajstić information content (AvgIpc) is 2.78. The van der Waals surface area contributed by atoms with Gasteiger partial charge in [0.1, 0.15) is 5.82 Å². The van der Waals surface area contributed by atoms with Crippen LogP contribution in [0, 0.1) is 17.7 Å². The van der Waals surface area contributed by atoms with Crippen LogP contribution in [-0.2, 0) is 14.4 Å². The highest BCUT2D eigenvalue weighted by atomic mass is 19.1. The second kappa shape index (κ2) is 12.4. The van der Waals surface area contributed by atoms with Gasteiger partial charge in [-0.15, -0.1) is 0 Å². The molecule has 8 nitrogen and oxygen atoms in total. The Kier molecular flexibility index (Phi) is 9.90. The fourth-order valence-electron chi connectivity index (χ4n) is 3.98. The van der Waals surface area contributed by atoms with Crippen LogP contribution < -0.4 is 4.90 Å². The average molecular weight is 452 g/mol. The number of amides is 1. The minimum absolute atomic E-state index is 0.172. The number of carbonyl (C=O) groups excluding carboxylic acids is 1. The lowest BCUT2D eigenvalue weighted by Gasteiger charge is -2.39. The summed E-state index contributed by atoms with van der Waals surface area (Å²) in [7, 11) is 0. The lowest BCUT2D eigenvalue weighted by molar-refractivity contribution is -0.159. The normalized spacial score (nSPS) is 17.6. The third kappa shape index (κ3) is 7.78. The quantitative estimate of drug-likeness (QED) is 0.663. The Morgan fingerprint density at radius 1 is 0.969 bits per heavy atom. The van der Waals surface area contributed by atoms with Crippen molar-refractivity contribution in [3.63, 3.8) is 0 Å². The molecule has 178 valence electrons. The molecule has 1 aromatic rings. The number of rotatable bonds is 5. The van der Waals surface area contributed by atoms with Crippen LogP contribution in [0.25, 0.3) is 0 Å². The minimum atomic E-state index is -1.82. The number of carbonyl (C=O) groups is 3. The van der Waals surface area contributed by atoms with Gasteiger partial charge < -0.3 is 24.9 Å². The van der Waals surface area contributed by atoms with E-state index in [2.05, 4.69) is 18.7 Å². The Morgan fingerprint density at radius 2 is 1.53 bits per heavy atom. The smallest absolute Gasteiger partial charge is 0.414 e. The first-order valence-electron chi connectivity index (χ1n) is 11.2. The van der Waals surface area contributed by atoms with E-state index < -0.39 is 11.9 Å². The summed E-state index contributed by atoms with van der Waals surface area (Å²) in [5.74, 6) is -2.61. The van der Waals surface area contributed by atoms with Crippen molar-refractivity contribution in [2.75, 3.05) is 50.7 Å². The molecule has 0 unspecified atom stereocenters. The highest BCUT2D eigenvalue weighted by Crippen LogP contribution is 2.23. The van der Waals surface area contributed by atoms with Crippen LogP contribution in [0.15, 0.2) is 24.3 Å². The van der Waals surface area contributed by atoms with E-state index in [0.29, 0.717) is 37.8 Å². The summed E-state index contributed by atoms with van der Waals surface area (Å²) in [5, 5.41) is 14.8. The summed E-state index contributed by atoms with van der Waals surface area (Å²) in [6, 6.07) is 6.90. The molecule has 1 amide bonds. The van der Waals surface area contributed by atoms with Crippen molar-refractivity contribution in [1.82, 2.24) is 9.80 Å². The van der Waals surface area contributed by atoms with Gasteiger partial charge in [-0.25, -0.2) is 14.0 Å². The molecule has 0 atom stereocenters. The molecule has 0 aromatic heterocycles. The molecule has 0 radical (unpaired) electrons. The molecule has 0 aliphatic carbocycles. The first kappa shape index (κ1) is 25.6. The molecule has 2 saturated heterocycles. The molecular weight excluding hydrogens is 417 g/mol. The molecule has 3 rings (SSSR count). The fraction of sp³-hybridized carbons (Fsp3) is 0.609. The number of piperazine rings is 1. The van der Waals surface area contributed by atoms with E-state index in [0.717, 1.165) is 38.4 Å². The Bertz CT molecular complexity index is 761. The monoisotopic (exact) mass is 451 g/mol. The molecule has 2 aliphatic rings. The van der Waals surface area contributed by atoms with Gasteiger partial charge >= 0.3 is 11.9 Å². The van der Waals surface area contributed by atoms with Crippen LogP contribution in [0.2, 0.25) is 0 Å². The summed E-state index contributed by atoms with van der Waals surface area (Å²) in [6.45, 7) is 10.6. The maximum atomic E-state index is 13.9. The van der Waals surface area contributed by atoms with Gasteiger partial charge in [0.05, 0.1) is 5.69 Å². The number of benzene rings is 1. The lowest BCUT2D eigenvalue weighted by Crippen LogP contribution is -2.52. The summed E-state index contributed by atoms with van der Waals surface area (Å²) < 4.78 is 13.9. The number of hydrogen-bond donors (Lipinski definition) is 2. The van der Waals surface area contributed by atoms with E-state index in [1.807, 2.05) is 21.9 Å². The van der Waals surface area contributed by atoms with E-state index in [1.54, 1.807) is 6.07 Å². The lowest BCUT2D eigenvalue weighted by atomic mass is 9.94. The zero-order chi connectivity index (χ0) is 23.7. The molecule has 32 heavy (non-hydrogen) atoms. The predicted octanol–water partition coefficient (Wildman–Crippen LogP) is 2.39. The van der Waals surface area contributed by atoms with Crippen molar-refractivity contribution >= 4 is 23.5 Å². The third-order valence-electron chi connectivity index (χ3n) is 5.93. The van der Waals surface area contributed by atoms with Crippen LogP contribution in [0.5, 0.6) is 0 Å². The number of halogens is 1. The maximum Gasteiger partial charge on any atom is 0.414 e. The number of nitrogens with zero attached hydrogens (tertiary/aromatic N) is 3. The molecule has 2 heterocycles. The van der Waals surface area contributed by atoms with E-state index in [4.69, 9.17) is 19.8 Å². The Hall–Kier alpha value is -2.68. The molecule has 9 heteroatoms. The summed E-state index contributed by atoms with van der Waals surface area (Å²) in [5.41, 5.74) is 0.651. The number of likely N-dealkylation sites (tertiary alicyclic amines) is 1. The summed E-state index contributed by atoms with van der Waals surface area (Å²) in [4.78, 5) is 37.6. The number of anilines is 1. The van der Waals surface area contributed by atoms with E-state index in [-0.39, 0.29) is 11.7 Å². The van der Waals surface area contributed by atoms with Crippen molar-refractivity contribution < 1.29 is 29.0 Å². The molecule has 2 fully saturated rings. The standard InChI is InChI=1S/C21H32FN3O.C2H2O4/c1-17(2)7-10-23-11-8-18(9-12-23)21(26)25-15-13-24(14-16-25)20-6-4-3-5-19(20)22;3-1(4)2(5)6/h3-6,17-18H,7-16H2,1-2H3;(H,3,4)(H,5,6). The fourth-order valence-corrected chi connectivity index (χ4v) is 3.98. The van der Waals surface area contributed by atoms with Crippen LogP contribution in [0.1, 0.15) is 33.1 Å². The van der Waals surface area contributed by atoms with Crippen molar-refractivity contribution in [2.24, 2.45) is 11.8 Å². The third-order valence-corrected chi connectivity index (χ3v) is 5.93. The predicted molar refractivity (Wildman–Crippen MR) is 119 cm³/mol. The Balaban J connectivity index is 0.000000534. The van der Waals surface area contributed by atoms with Gasteiger partial charge in [-0.3, -0.25) is 4.79 Å². The van der Waals surface area contributed by atoms with Gasteiger partial charge in [0, 0.05) is 32.1 Å². The minimum Gasteiger partial charge on any atom is -0.473 e. The topological polar surface area (TPSA) is 101 Å². The number of para-hydroxylation sites is 1. The number of aliphatic carboxylic acids is 2. The van der Waals surface area contributed by atoms with Gasteiger partial charge in [0.2, 0.25) is 5.91 Å². The largest absolute Gasteiger partial charge is 0.473 e. The molecular formula is C23H34FN3O5. The van der Waals surface area contributed by atoms with Gasteiger partial charge in [0.25, 0.3) is 0 Å². The van der Waals surface area contributed by atoms with E-state index in [1.165, 1.54) is 12.5 Å². The Morgan fingerprint density at radius 3 is 2.03 bits per heavy atom. The summed E-state index contributed by atoms with van der Waals surface area (Å²) >= 11 is 0. The van der Waals surface area contributed by atoms with Crippen molar-refractivity contribution in [3.8, 4) is 0 Å². The molecule has 0 bridgehead atoms. The van der Waals surface area contributed by atoms with Gasteiger partial charge in [-0.2, -0.15) is 0 Å². The molecule has 2 aliphatic heterocycles. The molecule has 0 saturated carbocycles. The molecule has 1 aromatic carbocycles. The van der Waals surface area contributed by atoms with Gasteiger partial charge in [-0.05, 0) is 56.9 Å². The van der Waals surface area contributed by atoms with Gasteiger partial charge in [-0.1, -0.05) is 26.0 Å². The molecule has 0 spiro atoms. The van der Waals surface area contributed by atoms with Gasteiger partial charge in [0.15, 0.2) is 0 Å². The number of carboxylic acid groups (broad SMARTS) is 2. The SMILES string of the molecule is CC(C)CCN1CCC(C(=O)N2CCN(c3ccccc3F)CC2)CC1.O=C(O)C(=O)O. The van der Waals surface area contributed by atoms with E-state index >= 15 is 0 Å². The number of piperidine rings is 1. The van der Waals surface area contributed by atoms with Crippen molar-refractivity contribution in [2.45, 2.75) is 33.1 Å². The van der Waals surface area contributed by atoms with E-state index in [9.17, 15) is 9.18 Å². The highest BCUT2D eigenvalue weighted by Gasteiger charge is 2.30. The van der Waals surface area contributed by atoms with Crippen molar-refractivity contribution in [3.05, 3.63) is 30.1 Å². The van der Waals surface area contributed by atoms with Crippen LogP contribution in [0.4, 0.5) is 10.1 Å². The van der Waals surface area contributed by atoms with Crippen LogP contribution in [-0.4, -0.2) is 83.7 Å². The number of hydrogen-bond acceptors (Lipinski definition) is 5. The van der Waals surface area contributed by atoms with Crippen LogP contribution in [0.3, 0.4) is 0 Å². The summed E-state index contributed by atoms with van der Waals surface area (Å²) in [6.07, 6.45) is 3.19. The maximum absolute atomic E-state index is 13.9. The number of carboxylic acids is 2. The van der Waals surface area contributed by atoms with Crippen molar-refractivity contribution in [1.29, 1.82) is 0 Å². The zero-order valence-corrected chi connectivity index (χ0v) is 18.9.